The van der Waals surface area contributed by atoms with Gasteiger partial charge in [-0.25, -0.2) is 4.79 Å². The van der Waals surface area contributed by atoms with Gasteiger partial charge in [0.25, 0.3) is 0 Å². The molecule has 5 rings (SSSR count). The molecule has 1 aromatic heterocycles. The van der Waals surface area contributed by atoms with Crippen molar-refractivity contribution < 1.29 is 23.4 Å². The summed E-state index contributed by atoms with van der Waals surface area (Å²) in [6, 6.07) is 9.40. The summed E-state index contributed by atoms with van der Waals surface area (Å²) >= 11 is 0. The number of aryl methyl sites for hydroxylation is 1. The van der Waals surface area contributed by atoms with E-state index in [1.807, 2.05) is 25.1 Å². The molecular formula is C26H30N2O6. The molecule has 0 saturated carbocycles. The van der Waals surface area contributed by atoms with Gasteiger partial charge in [0.1, 0.15) is 18.1 Å². The lowest BCUT2D eigenvalue weighted by Crippen LogP contribution is -2.43. The van der Waals surface area contributed by atoms with E-state index in [2.05, 4.69) is 9.80 Å². The Balaban J connectivity index is 1.47. The van der Waals surface area contributed by atoms with E-state index in [0.717, 1.165) is 67.2 Å². The molecule has 3 heterocycles. The summed E-state index contributed by atoms with van der Waals surface area (Å²) in [7, 11) is 3.16. The largest absolute Gasteiger partial charge is 0.493 e. The fourth-order valence-corrected chi connectivity index (χ4v) is 4.75. The fraction of sp³-hybridized carbons (Fsp3) is 0.423. The predicted molar refractivity (Wildman–Crippen MR) is 129 cm³/mol. The van der Waals surface area contributed by atoms with Gasteiger partial charge in [-0.1, -0.05) is 6.07 Å². The van der Waals surface area contributed by atoms with Crippen molar-refractivity contribution in [3.8, 4) is 28.4 Å². The molecule has 0 aliphatic carbocycles. The number of nitrogens with zero attached hydrogens (tertiary/aromatic N) is 2. The SMILES string of the molecule is COc1ccc(-c2c(C)c3ccc4c(c3oc2=O)CN(CCN2CCOCC2)CO4)cc1OC. The van der Waals surface area contributed by atoms with Crippen LogP contribution in [0.3, 0.4) is 0 Å². The summed E-state index contributed by atoms with van der Waals surface area (Å²) in [5.74, 6) is 1.95. The standard InChI is InChI=1S/C26H30N2O6/c1-17-19-5-7-21-20(15-28(16-33-21)9-8-27-10-12-32-13-11-27)25(19)34-26(29)24(17)18-4-6-22(30-2)23(14-18)31-3/h4-7,14H,8-13,15-16H2,1-3H3. The van der Waals surface area contributed by atoms with Gasteiger partial charge in [0.15, 0.2) is 11.5 Å². The van der Waals surface area contributed by atoms with Gasteiger partial charge < -0.3 is 23.4 Å². The van der Waals surface area contributed by atoms with Gasteiger partial charge in [0.2, 0.25) is 0 Å². The van der Waals surface area contributed by atoms with Crippen molar-refractivity contribution in [1.82, 2.24) is 9.80 Å². The van der Waals surface area contributed by atoms with Gasteiger partial charge in [-0.15, -0.1) is 0 Å². The van der Waals surface area contributed by atoms with Crippen LogP contribution in [0.1, 0.15) is 11.1 Å². The van der Waals surface area contributed by atoms with Crippen LogP contribution < -0.4 is 19.8 Å². The van der Waals surface area contributed by atoms with Crippen LogP contribution in [-0.2, 0) is 11.3 Å². The van der Waals surface area contributed by atoms with Crippen molar-refractivity contribution in [2.45, 2.75) is 13.5 Å². The first-order valence-electron chi connectivity index (χ1n) is 11.6. The lowest BCUT2D eigenvalue weighted by molar-refractivity contribution is 0.0241. The molecule has 1 fully saturated rings. The number of morpholine rings is 1. The highest BCUT2D eigenvalue weighted by Gasteiger charge is 2.24. The van der Waals surface area contributed by atoms with E-state index < -0.39 is 0 Å². The average Bonchev–Trinajstić information content (AvgIpc) is 2.87. The molecule has 8 nitrogen and oxygen atoms in total. The number of methoxy groups -OCH3 is 2. The zero-order chi connectivity index (χ0) is 23.7. The minimum absolute atomic E-state index is 0.379. The third-order valence-corrected chi connectivity index (χ3v) is 6.69. The first-order chi connectivity index (χ1) is 16.6. The summed E-state index contributed by atoms with van der Waals surface area (Å²) in [6.45, 7) is 8.49. The molecular weight excluding hydrogens is 436 g/mol. The molecule has 2 aliphatic rings. The number of rotatable bonds is 6. The minimum Gasteiger partial charge on any atom is -0.493 e. The predicted octanol–water partition coefficient (Wildman–Crippen LogP) is 3.27. The van der Waals surface area contributed by atoms with Gasteiger partial charge in [-0.2, -0.15) is 0 Å². The molecule has 8 heteroatoms. The van der Waals surface area contributed by atoms with E-state index in [1.54, 1.807) is 26.4 Å². The second kappa shape index (κ2) is 9.66. The fourth-order valence-electron chi connectivity index (χ4n) is 4.75. The number of fused-ring (bicyclic) bond motifs is 3. The maximum Gasteiger partial charge on any atom is 0.344 e. The Kier molecular flexibility index (Phi) is 6.45. The molecule has 2 aliphatic heterocycles. The highest BCUT2D eigenvalue weighted by Crippen LogP contribution is 2.37. The third-order valence-electron chi connectivity index (χ3n) is 6.69. The van der Waals surface area contributed by atoms with Crippen LogP contribution in [0.25, 0.3) is 22.1 Å². The van der Waals surface area contributed by atoms with Gasteiger partial charge >= 0.3 is 5.63 Å². The molecule has 0 bridgehead atoms. The van der Waals surface area contributed by atoms with Crippen LogP contribution in [0.4, 0.5) is 0 Å². The normalized spacial score (nSPS) is 16.8. The van der Waals surface area contributed by atoms with Crippen LogP contribution in [0, 0.1) is 6.92 Å². The van der Waals surface area contributed by atoms with Crippen LogP contribution >= 0.6 is 0 Å². The maximum atomic E-state index is 13.2. The third kappa shape index (κ3) is 4.24. The first kappa shape index (κ1) is 22.7. The van der Waals surface area contributed by atoms with Crippen molar-refractivity contribution in [2.75, 3.05) is 60.3 Å². The second-order valence-corrected chi connectivity index (χ2v) is 8.66. The molecule has 0 radical (unpaired) electrons. The monoisotopic (exact) mass is 466 g/mol. The Morgan fingerprint density at radius 1 is 0.971 bits per heavy atom. The molecule has 0 spiro atoms. The van der Waals surface area contributed by atoms with Gasteiger partial charge in [-0.05, 0) is 42.3 Å². The van der Waals surface area contributed by atoms with Gasteiger partial charge in [0, 0.05) is 38.1 Å². The lowest BCUT2D eigenvalue weighted by Gasteiger charge is -2.32. The number of hydrogen-bond donors (Lipinski definition) is 0. The van der Waals surface area contributed by atoms with Crippen LogP contribution in [0.2, 0.25) is 0 Å². The summed E-state index contributed by atoms with van der Waals surface area (Å²) in [4.78, 5) is 17.8. The van der Waals surface area contributed by atoms with Crippen LogP contribution in [-0.4, -0.2) is 70.1 Å². The average molecular weight is 467 g/mol. The maximum absolute atomic E-state index is 13.2. The Morgan fingerprint density at radius 3 is 2.50 bits per heavy atom. The number of benzene rings is 2. The quantitative estimate of drug-likeness (QED) is 0.513. The number of hydrogen-bond acceptors (Lipinski definition) is 8. The molecule has 2 aromatic carbocycles. The Morgan fingerprint density at radius 2 is 1.74 bits per heavy atom. The molecule has 3 aromatic rings. The zero-order valence-corrected chi connectivity index (χ0v) is 19.9. The summed E-state index contributed by atoms with van der Waals surface area (Å²) in [6.07, 6.45) is 0. The topological polar surface area (TPSA) is 73.6 Å². The molecule has 180 valence electrons. The summed E-state index contributed by atoms with van der Waals surface area (Å²) in [5, 5.41) is 0.904. The van der Waals surface area contributed by atoms with Crippen molar-refractivity contribution in [1.29, 1.82) is 0 Å². The zero-order valence-electron chi connectivity index (χ0n) is 19.9. The summed E-state index contributed by atoms with van der Waals surface area (Å²) < 4.78 is 28.2. The van der Waals surface area contributed by atoms with Crippen LogP contribution in [0.5, 0.6) is 17.2 Å². The Hall–Kier alpha value is -3.07. The molecule has 34 heavy (non-hydrogen) atoms. The van der Waals surface area contributed by atoms with Crippen molar-refractivity contribution in [3.63, 3.8) is 0 Å². The molecule has 0 atom stereocenters. The van der Waals surface area contributed by atoms with Crippen molar-refractivity contribution >= 4 is 11.0 Å². The van der Waals surface area contributed by atoms with E-state index in [9.17, 15) is 4.79 Å². The minimum atomic E-state index is -0.379. The smallest absolute Gasteiger partial charge is 0.344 e. The van der Waals surface area contributed by atoms with E-state index in [0.29, 0.717) is 35.9 Å². The Labute approximate surface area is 198 Å². The molecule has 1 saturated heterocycles. The molecule has 0 N–H and O–H groups in total. The van der Waals surface area contributed by atoms with E-state index >= 15 is 0 Å². The highest BCUT2D eigenvalue weighted by atomic mass is 16.5. The van der Waals surface area contributed by atoms with Crippen molar-refractivity contribution in [3.05, 3.63) is 51.9 Å². The summed E-state index contributed by atoms with van der Waals surface area (Å²) in [5.41, 5.74) is 3.26. The first-order valence-corrected chi connectivity index (χ1v) is 11.6. The van der Waals surface area contributed by atoms with Gasteiger partial charge in [-0.3, -0.25) is 9.80 Å². The van der Waals surface area contributed by atoms with Crippen LogP contribution in [0.15, 0.2) is 39.5 Å². The van der Waals surface area contributed by atoms with Gasteiger partial charge in [0.05, 0.1) is 38.6 Å². The number of ether oxygens (including phenoxy) is 4. The lowest BCUT2D eigenvalue weighted by atomic mass is 9.97. The molecule has 0 unspecified atom stereocenters. The van der Waals surface area contributed by atoms with E-state index in [1.165, 1.54) is 0 Å². The van der Waals surface area contributed by atoms with E-state index in [-0.39, 0.29) is 5.63 Å². The highest BCUT2D eigenvalue weighted by molar-refractivity contribution is 5.90. The van der Waals surface area contributed by atoms with Crippen molar-refractivity contribution in [2.24, 2.45) is 0 Å². The second-order valence-electron chi connectivity index (χ2n) is 8.66. The molecule has 0 amide bonds. The van der Waals surface area contributed by atoms with E-state index in [4.69, 9.17) is 23.4 Å². The Bertz CT molecular complexity index is 1250.